The predicted octanol–water partition coefficient (Wildman–Crippen LogP) is 2.37. The van der Waals surface area contributed by atoms with Crippen LogP contribution in [0.3, 0.4) is 0 Å². The molecule has 0 aliphatic heterocycles. The number of ether oxygens (including phenoxy) is 1. The highest BCUT2D eigenvalue weighted by Gasteiger charge is 2.16. The van der Waals surface area contributed by atoms with Gasteiger partial charge >= 0.3 is 0 Å². The Bertz CT molecular complexity index is 450. The van der Waals surface area contributed by atoms with Gasteiger partial charge in [-0.3, -0.25) is 9.19 Å². The van der Waals surface area contributed by atoms with Gasteiger partial charge in [0.15, 0.2) is 0 Å². The molecule has 2 rings (SSSR count). The molecule has 1 aromatic rings. The first-order chi connectivity index (χ1) is 9.63. The van der Waals surface area contributed by atoms with Crippen LogP contribution in [0.1, 0.15) is 39.0 Å². The van der Waals surface area contributed by atoms with Gasteiger partial charge in [-0.1, -0.05) is 6.42 Å². The lowest BCUT2D eigenvalue weighted by Gasteiger charge is -2.22. The van der Waals surface area contributed by atoms with Crippen LogP contribution < -0.4 is 10.1 Å². The van der Waals surface area contributed by atoms with E-state index < -0.39 is 10.8 Å². The van der Waals surface area contributed by atoms with Gasteiger partial charge in [0.2, 0.25) is 5.88 Å². The zero-order valence-electron chi connectivity index (χ0n) is 12.2. The molecule has 5 nitrogen and oxygen atoms in total. The summed E-state index contributed by atoms with van der Waals surface area (Å²) in [6, 6.07) is 0.0973. The molecule has 6 heteroatoms. The zero-order valence-corrected chi connectivity index (χ0v) is 13.0. The van der Waals surface area contributed by atoms with Crippen molar-refractivity contribution in [2.75, 3.05) is 17.3 Å². The van der Waals surface area contributed by atoms with Crippen LogP contribution in [0.5, 0.6) is 5.88 Å². The normalized spacial score (nSPS) is 19.3. The fraction of sp³-hybridized carbons (Fsp3) is 0.714. The second-order valence-electron chi connectivity index (χ2n) is 5.41. The van der Waals surface area contributed by atoms with Crippen molar-refractivity contribution in [2.24, 2.45) is 0 Å². The van der Waals surface area contributed by atoms with E-state index in [2.05, 4.69) is 15.3 Å². The van der Waals surface area contributed by atoms with Gasteiger partial charge in [-0.2, -0.15) is 4.98 Å². The summed E-state index contributed by atoms with van der Waals surface area (Å²) >= 11 is 0. The summed E-state index contributed by atoms with van der Waals surface area (Å²) in [4.78, 5) is 8.58. The molecule has 0 aromatic carbocycles. The Labute approximate surface area is 123 Å². The van der Waals surface area contributed by atoms with Gasteiger partial charge in [0.05, 0.1) is 12.4 Å². The lowest BCUT2D eigenvalue weighted by atomic mass is 9.98. The average molecular weight is 297 g/mol. The highest BCUT2D eigenvalue weighted by atomic mass is 32.2. The third kappa shape index (κ3) is 5.07. The topological polar surface area (TPSA) is 64.1 Å². The number of rotatable bonds is 6. The van der Waals surface area contributed by atoms with Crippen molar-refractivity contribution in [1.82, 2.24) is 9.97 Å². The maximum Gasteiger partial charge on any atom is 0.234 e. The molecule has 1 aliphatic rings. The second kappa shape index (κ2) is 7.57. The molecule has 1 aromatic heterocycles. The molecular weight excluding hydrogens is 274 g/mol. The lowest BCUT2D eigenvalue weighted by Crippen LogP contribution is -2.23. The number of anilines is 1. The monoisotopic (exact) mass is 297 g/mol. The Morgan fingerprint density at radius 3 is 2.85 bits per heavy atom. The van der Waals surface area contributed by atoms with Crippen molar-refractivity contribution in [2.45, 2.75) is 51.2 Å². The Morgan fingerprint density at radius 1 is 1.40 bits per heavy atom. The van der Waals surface area contributed by atoms with E-state index >= 15 is 0 Å². The smallest absolute Gasteiger partial charge is 0.234 e. The van der Waals surface area contributed by atoms with Crippen molar-refractivity contribution in [3.8, 4) is 5.88 Å². The fourth-order valence-corrected chi connectivity index (χ4v) is 3.26. The van der Waals surface area contributed by atoms with E-state index in [-0.39, 0.29) is 12.1 Å². The van der Waals surface area contributed by atoms with E-state index in [4.69, 9.17) is 4.74 Å². The molecule has 1 aliphatic carbocycles. The van der Waals surface area contributed by atoms with Crippen molar-refractivity contribution in [3.05, 3.63) is 12.4 Å². The van der Waals surface area contributed by atoms with E-state index in [9.17, 15) is 4.21 Å². The number of hydrogen-bond donors (Lipinski definition) is 1. The number of nitrogens with zero attached hydrogens (tertiary/aromatic N) is 2. The van der Waals surface area contributed by atoms with E-state index in [1.807, 2.05) is 6.92 Å². The number of aromatic nitrogens is 2. The molecular formula is C14H23N3O2S. The van der Waals surface area contributed by atoms with E-state index in [0.29, 0.717) is 17.5 Å². The third-order valence-corrected chi connectivity index (χ3v) is 4.30. The van der Waals surface area contributed by atoms with Crippen LogP contribution in [0.15, 0.2) is 12.4 Å². The summed E-state index contributed by atoms with van der Waals surface area (Å²) in [5, 5.41) is 3.20. The molecule has 1 N–H and O–H groups in total. The minimum absolute atomic E-state index is 0.0973. The van der Waals surface area contributed by atoms with E-state index in [1.54, 1.807) is 18.6 Å². The van der Waals surface area contributed by atoms with Gasteiger partial charge in [0.1, 0.15) is 11.9 Å². The summed E-state index contributed by atoms with van der Waals surface area (Å²) in [6.07, 6.45) is 11.3. The molecule has 1 fully saturated rings. The third-order valence-electron chi connectivity index (χ3n) is 3.33. The first kappa shape index (κ1) is 15.2. The summed E-state index contributed by atoms with van der Waals surface area (Å²) in [5.74, 6) is 1.85. The fourth-order valence-electron chi connectivity index (χ4n) is 2.47. The standard InChI is InChI=1S/C14H23N3O2S/c1-11(10-20(2)18)16-13-8-15-9-14(17-13)19-12-6-4-3-5-7-12/h8-9,11-12H,3-7,10H2,1-2H3,(H,16,17). The largest absolute Gasteiger partial charge is 0.473 e. The molecule has 0 radical (unpaired) electrons. The molecule has 2 unspecified atom stereocenters. The Morgan fingerprint density at radius 2 is 2.15 bits per heavy atom. The number of hydrogen-bond acceptors (Lipinski definition) is 5. The summed E-state index contributed by atoms with van der Waals surface area (Å²) < 4.78 is 17.1. The Balaban J connectivity index is 1.91. The SMILES string of the molecule is CC(CS(C)=O)Nc1cncc(OC2CCCCC2)n1. The molecule has 112 valence electrons. The van der Waals surface area contributed by atoms with Crippen LogP contribution in [-0.2, 0) is 10.8 Å². The number of nitrogens with one attached hydrogen (secondary N) is 1. The van der Waals surface area contributed by atoms with Gasteiger partial charge in [0.25, 0.3) is 0 Å². The van der Waals surface area contributed by atoms with Crippen LogP contribution in [0.2, 0.25) is 0 Å². The summed E-state index contributed by atoms with van der Waals surface area (Å²) in [5.41, 5.74) is 0. The molecule has 0 bridgehead atoms. The predicted molar refractivity (Wildman–Crippen MR) is 81.6 cm³/mol. The maximum absolute atomic E-state index is 11.2. The van der Waals surface area contributed by atoms with Crippen molar-refractivity contribution < 1.29 is 8.95 Å². The maximum atomic E-state index is 11.2. The quantitative estimate of drug-likeness (QED) is 0.873. The van der Waals surface area contributed by atoms with Crippen molar-refractivity contribution in [3.63, 3.8) is 0 Å². The van der Waals surface area contributed by atoms with Crippen molar-refractivity contribution in [1.29, 1.82) is 0 Å². The second-order valence-corrected chi connectivity index (χ2v) is 6.89. The first-order valence-electron chi connectivity index (χ1n) is 7.19. The molecule has 2 atom stereocenters. The van der Waals surface area contributed by atoms with Gasteiger partial charge in [-0.25, -0.2) is 0 Å². The summed E-state index contributed by atoms with van der Waals surface area (Å²) in [7, 11) is -0.822. The zero-order chi connectivity index (χ0) is 14.4. The van der Waals surface area contributed by atoms with E-state index in [0.717, 1.165) is 12.8 Å². The van der Waals surface area contributed by atoms with Crippen LogP contribution in [0, 0.1) is 0 Å². The highest BCUT2D eigenvalue weighted by molar-refractivity contribution is 7.84. The van der Waals surface area contributed by atoms with E-state index in [1.165, 1.54) is 19.3 Å². The molecule has 1 heterocycles. The molecule has 0 amide bonds. The Hall–Kier alpha value is -1.17. The van der Waals surface area contributed by atoms with Crippen LogP contribution in [0.25, 0.3) is 0 Å². The first-order valence-corrected chi connectivity index (χ1v) is 8.91. The molecule has 20 heavy (non-hydrogen) atoms. The van der Waals surface area contributed by atoms with Crippen LogP contribution >= 0.6 is 0 Å². The van der Waals surface area contributed by atoms with Gasteiger partial charge in [-0.15, -0.1) is 0 Å². The Kier molecular flexibility index (Phi) is 5.76. The minimum Gasteiger partial charge on any atom is -0.473 e. The van der Waals surface area contributed by atoms with Gasteiger partial charge in [0, 0.05) is 28.9 Å². The van der Waals surface area contributed by atoms with Crippen LogP contribution in [0.4, 0.5) is 5.82 Å². The average Bonchev–Trinajstić information content (AvgIpc) is 2.39. The molecule has 0 saturated heterocycles. The molecule has 1 saturated carbocycles. The van der Waals surface area contributed by atoms with Crippen LogP contribution in [-0.4, -0.2) is 38.3 Å². The van der Waals surface area contributed by atoms with Gasteiger partial charge in [-0.05, 0) is 32.6 Å². The van der Waals surface area contributed by atoms with Gasteiger partial charge < -0.3 is 10.1 Å². The van der Waals surface area contributed by atoms with Crippen molar-refractivity contribution >= 4 is 16.6 Å². The molecule has 0 spiro atoms. The highest BCUT2D eigenvalue weighted by Crippen LogP contribution is 2.22. The minimum atomic E-state index is -0.822. The summed E-state index contributed by atoms with van der Waals surface area (Å²) in [6.45, 7) is 1.98. The lowest BCUT2D eigenvalue weighted by molar-refractivity contribution is 0.148.